The first-order valence-electron chi connectivity index (χ1n) is 9.20. The number of carbonyl (C=O) groups excluding carboxylic acids is 3. The Balaban J connectivity index is 2.73. The normalized spacial score (nSPS) is 12.9. The van der Waals surface area contributed by atoms with Crippen molar-refractivity contribution in [3.63, 3.8) is 0 Å². The van der Waals surface area contributed by atoms with Crippen LogP contribution in [0.5, 0.6) is 0 Å². The summed E-state index contributed by atoms with van der Waals surface area (Å²) in [7, 11) is 0. The Morgan fingerprint density at radius 3 is 2.24 bits per heavy atom. The number of anilines is 1. The molecule has 0 spiro atoms. The predicted octanol–water partition coefficient (Wildman–Crippen LogP) is 3.70. The van der Waals surface area contributed by atoms with Crippen LogP contribution in [0, 0.1) is 5.92 Å². The van der Waals surface area contributed by atoms with Crippen molar-refractivity contribution >= 4 is 23.3 Å². The molecule has 0 radical (unpaired) electrons. The third-order valence-electron chi connectivity index (χ3n) is 4.15. The van der Waals surface area contributed by atoms with Gasteiger partial charge in [0.15, 0.2) is 0 Å². The van der Waals surface area contributed by atoms with Crippen molar-refractivity contribution in [3.8, 4) is 0 Å². The molecule has 25 heavy (non-hydrogen) atoms. The molecule has 0 bridgehead atoms. The Labute approximate surface area is 150 Å². The lowest BCUT2D eigenvalue weighted by Gasteiger charge is -2.19. The van der Waals surface area contributed by atoms with Gasteiger partial charge in [-0.25, -0.2) is 0 Å². The zero-order chi connectivity index (χ0) is 18.7. The average molecular weight is 346 g/mol. The molecule has 0 aliphatic heterocycles. The van der Waals surface area contributed by atoms with Gasteiger partial charge in [0.25, 0.3) is 5.91 Å². The third kappa shape index (κ3) is 7.50. The predicted molar refractivity (Wildman–Crippen MR) is 100 cm³/mol. The standard InChI is InChI=1S/C20H30N2O3/c1-4-6-8-14-17(22-19(24)15(3)11-5-2)18(23)20(25)21-16-12-9-7-10-13-16/h7,9-10,12-13,15,17H,4-6,8,11,14H2,1-3H3,(H,21,25)(H,22,24). The van der Waals surface area contributed by atoms with Gasteiger partial charge >= 0.3 is 0 Å². The fraction of sp³-hybridized carbons (Fsp3) is 0.550. The Bertz CT molecular complexity index is 557. The summed E-state index contributed by atoms with van der Waals surface area (Å²) in [5.74, 6) is -1.60. The Hall–Kier alpha value is -2.17. The SMILES string of the molecule is CCCCCC(NC(=O)C(C)CCC)C(=O)C(=O)Nc1ccccc1. The number of unbranched alkanes of at least 4 members (excludes halogenated alkanes) is 2. The van der Waals surface area contributed by atoms with E-state index in [-0.39, 0.29) is 11.8 Å². The first-order valence-corrected chi connectivity index (χ1v) is 9.20. The Morgan fingerprint density at radius 1 is 0.960 bits per heavy atom. The number of benzene rings is 1. The van der Waals surface area contributed by atoms with Crippen molar-refractivity contribution in [2.75, 3.05) is 5.32 Å². The summed E-state index contributed by atoms with van der Waals surface area (Å²) >= 11 is 0. The molecule has 0 heterocycles. The van der Waals surface area contributed by atoms with E-state index in [0.29, 0.717) is 12.1 Å². The summed E-state index contributed by atoms with van der Waals surface area (Å²) in [6, 6.07) is 8.08. The van der Waals surface area contributed by atoms with Gasteiger partial charge in [-0.15, -0.1) is 0 Å². The summed E-state index contributed by atoms with van der Waals surface area (Å²) < 4.78 is 0. The molecular weight excluding hydrogens is 316 g/mol. The molecule has 138 valence electrons. The highest BCUT2D eigenvalue weighted by atomic mass is 16.2. The van der Waals surface area contributed by atoms with Crippen molar-refractivity contribution in [3.05, 3.63) is 30.3 Å². The fourth-order valence-electron chi connectivity index (χ4n) is 2.62. The first kappa shape index (κ1) is 20.9. The number of para-hydroxylation sites is 1. The molecule has 5 nitrogen and oxygen atoms in total. The molecule has 0 aromatic heterocycles. The van der Waals surface area contributed by atoms with Crippen LogP contribution in [0.25, 0.3) is 0 Å². The lowest BCUT2D eigenvalue weighted by Crippen LogP contribution is -2.47. The summed E-state index contributed by atoms with van der Waals surface area (Å²) in [5.41, 5.74) is 0.568. The Morgan fingerprint density at radius 2 is 1.64 bits per heavy atom. The quantitative estimate of drug-likeness (QED) is 0.474. The van der Waals surface area contributed by atoms with E-state index in [9.17, 15) is 14.4 Å². The summed E-state index contributed by atoms with van der Waals surface area (Å²) in [5, 5.41) is 5.38. The number of amides is 2. The molecule has 0 fully saturated rings. The monoisotopic (exact) mass is 346 g/mol. The van der Waals surface area contributed by atoms with Gasteiger partial charge in [-0.05, 0) is 25.0 Å². The number of hydrogen-bond acceptors (Lipinski definition) is 3. The van der Waals surface area contributed by atoms with E-state index in [2.05, 4.69) is 17.6 Å². The number of Topliss-reactive ketones (excluding diaryl/α,β-unsaturated/α-hetero) is 1. The van der Waals surface area contributed by atoms with Crippen LogP contribution in [0.1, 0.15) is 59.3 Å². The molecule has 2 atom stereocenters. The van der Waals surface area contributed by atoms with Crippen LogP contribution in [0.4, 0.5) is 5.69 Å². The van der Waals surface area contributed by atoms with Crippen molar-refractivity contribution in [2.24, 2.45) is 5.92 Å². The van der Waals surface area contributed by atoms with E-state index < -0.39 is 17.7 Å². The van der Waals surface area contributed by atoms with E-state index in [0.717, 1.165) is 32.1 Å². The van der Waals surface area contributed by atoms with Gasteiger partial charge < -0.3 is 10.6 Å². The highest BCUT2D eigenvalue weighted by Gasteiger charge is 2.27. The second-order valence-electron chi connectivity index (χ2n) is 6.43. The summed E-state index contributed by atoms with van der Waals surface area (Å²) in [6.07, 6.45) is 4.92. The van der Waals surface area contributed by atoms with Gasteiger partial charge in [-0.1, -0.05) is 64.7 Å². The van der Waals surface area contributed by atoms with E-state index in [4.69, 9.17) is 0 Å². The van der Waals surface area contributed by atoms with Crippen molar-refractivity contribution in [1.82, 2.24) is 5.32 Å². The maximum Gasteiger partial charge on any atom is 0.293 e. The van der Waals surface area contributed by atoms with E-state index in [1.807, 2.05) is 19.9 Å². The highest BCUT2D eigenvalue weighted by molar-refractivity contribution is 6.42. The molecular formula is C20H30N2O3. The molecule has 0 saturated carbocycles. The fourth-order valence-corrected chi connectivity index (χ4v) is 2.62. The van der Waals surface area contributed by atoms with E-state index >= 15 is 0 Å². The molecule has 2 N–H and O–H groups in total. The number of carbonyl (C=O) groups is 3. The minimum atomic E-state index is -0.762. The smallest absolute Gasteiger partial charge is 0.293 e. The van der Waals surface area contributed by atoms with Gasteiger partial charge in [0.05, 0.1) is 6.04 Å². The van der Waals surface area contributed by atoms with Gasteiger partial charge in [0.2, 0.25) is 11.7 Å². The van der Waals surface area contributed by atoms with Crippen molar-refractivity contribution in [1.29, 1.82) is 0 Å². The Kier molecular flexibility index (Phi) is 9.51. The molecule has 1 aromatic rings. The molecule has 0 aliphatic carbocycles. The zero-order valence-corrected chi connectivity index (χ0v) is 15.5. The number of ketones is 1. The van der Waals surface area contributed by atoms with Crippen LogP contribution in [0.2, 0.25) is 0 Å². The van der Waals surface area contributed by atoms with Gasteiger partial charge in [0, 0.05) is 11.6 Å². The minimum absolute atomic E-state index is 0.163. The second-order valence-corrected chi connectivity index (χ2v) is 6.43. The first-order chi connectivity index (χ1) is 12.0. The number of hydrogen-bond donors (Lipinski definition) is 2. The third-order valence-corrected chi connectivity index (χ3v) is 4.15. The van der Waals surface area contributed by atoms with Crippen LogP contribution >= 0.6 is 0 Å². The van der Waals surface area contributed by atoms with Crippen LogP contribution in [0.15, 0.2) is 30.3 Å². The number of nitrogens with one attached hydrogen (secondary N) is 2. The second kappa shape index (κ2) is 11.4. The lowest BCUT2D eigenvalue weighted by atomic mass is 10.0. The largest absolute Gasteiger partial charge is 0.345 e. The molecule has 1 rings (SSSR count). The molecule has 0 aliphatic rings. The van der Waals surface area contributed by atoms with Crippen LogP contribution in [-0.4, -0.2) is 23.6 Å². The maximum absolute atomic E-state index is 12.5. The van der Waals surface area contributed by atoms with Crippen LogP contribution in [0.3, 0.4) is 0 Å². The van der Waals surface area contributed by atoms with Gasteiger partial charge in [-0.2, -0.15) is 0 Å². The van der Waals surface area contributed by atoms with Crippen molar-refractivity contribution in [2.45, 2.75) is 65.3 Å². The van der Waals surface area contributed by atoms with Crippen molar-refractivity contribution < 1.29 is 14.4 Å². The summed E-state index contributed by atoms with van der Waals surface area (Å²) in [4.78, 5) is 37.0. The molecule has 2 unspecified atom stereocenters. The summed E-state index contributed by atoms with van der Waals surface area (Å²) in [6.45, 7) is 5.93. The minimum Gasteiger partial charge on any atom is -0.345 e. The van der Waals surface area contributed by atoms with E-state index in [1.165, 1.54) is 0 Å². The molecule has 1 aromatic carbocycles. The average Bonchev–Trinajstić information content (AvgIpc) is 2.61. The maximum atomic E-state index is 12.5. The molecule has 0 saturated heterocycles. The van der Waals surface area contributed by atoms with E-state index in [1.54, 1.807) is 24.3 Å². The number of rotatable bonds is 11. The molecule has 5 heteroatoms. The van der Waals surface area contributed by atoms with Gasteiger partial charge in [0.1, 0.15) is 0 Å². The van der Waals surface area contributed by atoms with Gasteiger partial charge in [-0.3, -0.25) is 14.4 Å². The van der Waals surface area contributed by atoms with Crippen LogP contribution < -0.4 is 10.6 Å². The zero-order valence-electron chi connectivity index (χ0n) is 15.5. The van der Waals surface area contributed by atoms with Crippen LogP contribution in [-0.2, 0) is 14.4 Å². The topological polar surface area (TPSA) is 75.3 Å². The lowest BCUT2D eigenvalue weighted by molar-refractivity contribution is -0.138. The highest BCUT2D eigenvalue weighted by Crippen LogP contribution is 2.11. The molecule has 2 amide bonds.